The second kappa shape index (κ2) is 7.39. The Morgan fingerprint density at radius 2 is 1.29 bits per heavy atom. The van der Waals surface area contributed by atoms with Gasteiger partial charge >= 0.3 is 0 Å². The highest BCUT2D eigenvalue weighted by molar-refractivity contribution is 6.20. The van der Waals surface area contributed by atoms with Crippen LogP contribution in [0, 0.1) is 0 Å². The predicted octanol–water partition coefficient (Wildman–Crippen LogP) is 7.66. The molecule has 0 spiro atoms. The second-order valence-electron chi connectivity index (χ2n) is 11.8. The molecule has 174 valence electrons. The molecule has 3 nitrogen and oxygen atoms in total. The maximum atomic E-state index is 5.31. The van der Waals surface area contributed by atoms with E-state index in [-0.39, 0.29) is 10.8 Å². The SMILES string of the molecule is CC(C)(C)c1cc2c3[nH]c(ccc4cccc(n4)c4cc(C(C)(C)C)cc5c(c1)c2nc45)=CC=C3. The van der Waals surface area contributed by atoms with E-state index in [9.17, 15) is 0 Å². The van der Waals surface area contributed by atoms with Gasteiger partial charge in [-0.25, -0.2) is 9.97 Å². The van der Waals surface area contributed by atoms with Gasteiger partial charge in [0.25, 0.3) is 0 Å². The summed E-state index contributed by atoms with van der Waals surface area (Å²) in [5, 5.41) is 5.68. The molecule has 1 aliphatic heterocycles. The first kappa shape index (κ1) is 21.8. The smallest absolute Gasteiger partial charge is 0.0810 e. The van der Waals surface area contributed by atoms with Gasteiger partial charge in [0.1, 0.15) is 0 Å². The van der Waals surface area contributed by atoms with Crippen LogP contribution in [0.25, 0.3) is 55.8 Å². The molecule has 0 aliphatic carbocycles. The van der Waals surface area contributed by atoms with Crippen LogP contribution in [0.2, 0.25) is 0 Å². The number of fused-ring (bicyclic) bond motifs is 7. The van der Waals surface area contributed by atoms with Crippen LogP contribution in [-0.4, -0.2) is 15.0 Å². The minimum absolute atomic E-state index is 0.00204. The lowest BCUT2D eigenvalue weighted by Crippen LogP contribution is -2.11. The predicted molar refractivity (Wildman–Crippen MR) is 150 cm³/mol. The number of aromatic amines is 1. The molecule has 0 unspecified atom stereocenters. The summed E-state index contributed by atoms with van der Waals surface area (Å²) in [5.74, 6) is 0. The van der Waals surface area contributed by atoms with Crippen molar-refractivity contribution < 1.29 is 0 Å². The van der Waals surface area contributed by atoms with Crippen molar-refractivity contribution in [2.24, 2.45) is 0 Å². The maximum absolute atomic E-state index is 5.31. The van der Waals surface area contributed by atoms with Gasteiger partial charge < -0.3 is 4.98 Å². The standard InChI is InChI=1S/C32H31N3/c1-31(2,3)19-15-23-24-16-20(32(4,5)6)18-26-28-12-8-10-22(34-28)14-13-21-9-7-11-27(33-21)25(17-19)29(23)35-30(24)26/h7-18,33H,1-6H3. The first-order chi connectivity index (χ1) is 16.6. The van der Waals surface area contributed by atoms with Crippen LogP contribution in [0.15, 0.2) is 60.7 Å². The molecule has 2 aromatic carbocycles. The van der Waals surface area contributed by atoms with Crippen molar-refractivity contribution in [2.75, 3.05) is 0 Å². The lowest BCUT2D eigenvalue weighted by molar-refractivity contribution is 0.591. The highest BCUT2D eigenvalue weighted by Gasteiger charge is 2.22. The monoisotopic (exact) mass is 457 g/mol. The Kier molecular flexibility index (Phi) is 4.60. The molecule has 0 fully saturated rings. The summed E-state index contributed by atoms with van der Waals surface area (Å²) in [5.41, 5.74) is 7.62. The molecule has 3 aromatic heterocycles. The zero-order valence-corrected chi connectivity index (χ0v) is 21.3. The number of rotatable bonds is 0. The summed E-state index contributed by atoms with van der Waals surface area (Å²) in [6, 6.07) is 19.7. The number of hydrogen-bond acceptors (Lipinski definition) is 2. The van der Waals surface area contributed by atoms with Gasteiger partial charge in [0, 0.05) is 32.6 Å². The Morgan fingerprint density at radius 3 is 1.97 bits per heavy atom. The van der Waals surface area contributed by atoms with E-state index >= 15 is 0 Å². The largest absolute Gasteiger partial charge is 0.355 e. The third-order valence-electron chi connectivity index (χ3n) is 7.05. The van der Waals surface area contributed by atoms with Crippen molar-refractivity contribution >= 4 is 55.8 Å². The number of hydrogen-bond donors (Lipinski definition) is 1. The molecule has 3 heteroatoms. The van der Waals surface area contributed by atoms with Gasteiger partial charge in [-0.15, -0.1) is 0 Å². The average Bonchev–Trinajstić information content (AvgIpc) is 3.19. The number of aromatic nitrogens is 3. The van der Waals surface area contributed by atoms with Crippen LogP contribution in [0.5, 0.6) is 0 Å². The summed E-state index contributed by atoms with van der Waals surface area (Å²) < 4.78 is 0. The molecule has 1 N–H and O–H groups in total. The van der Waals surface area contributed by atoms with E-state index in [1.54, 1.807) is 0 Å². The topological polar surface area (TPSA) is 41.6 Å². The first-order valence-corrected chi connectivity index (χ1v) is 12.4. The summed E-state index contributed by atoms with van der Waals surface area (Å²) in [6.45, 7) is 13.6. The number of nitrogens with one attached hydrogen (secondary N) is 1. The molecule has 0 saturated carbocycles. The van der Waals surface area contributed by atoms with E-state index in [0.29, 0.717) is 0 Å². The number of allylic oxidation sites excluding steroid dienone is 1. The van der Waals surface area contributed by atoms with E-state index in [4.69, 9.17) is 9.97 Å². The average molecular weight is 458 g/mol. The van der Waals surface area contributed by atoms with E-state index in [0.717, 1.165) is 43.9 Å². The quantitative estimate of drug-likeness (QED) is 0.259. The van der Waals surface area contributed by atoms with Crippen LogP contribution >= 0.6 is 0 Å². The zero-order valence-electron chi connectivity index (χ0n) is 21.3. The maximum Gasteiger partial charge on any atom is 0.0810 e. The summed E-state index contributed by atoms with van der Waals surface area (Å²) in [4.78, 5) is 14.0. The molecule has 35 heavy (non-hydrogen) atoms. The van der Waals surface area contributed by atoms with Crippen molar-refractivity contribution in [3.63, 3.8) is 0 Å². The third kappa shape index (κ3) is 3.67. The molecule has 6 rings (SSSR count). The van der Waals surface area contributed by atoms with E-state index < -0.39 is 0 Å². The lowest BCUT2D eigenvalue weighted by Gasteiger charge is -2.21. The number of H-pyrrole nitrogens is 1. The van der Waals surface area contributed by atoms with Crippen molar-refractivity contribution in [3.05, 3.63) is 82.8 Å². The fraction of sp³-hybridized carbons (Fsp3) is 0.250. The Labute approximate surface area is 205 Å². The van der Waals surface area contributed by atoms with E-state index in [1.807, 2.05) is 0 Å². The molecular formula is C32H31N3. The van der Waals surface area contributed by atoms with Crippen molar-refractivity contribution in [2.45, 2.75) is 52.4 Å². The van der Waals surface area contributed by atoms with Crippen molar-refractivity contribution in [3.8, 4) is 0 Å². The lowest BCUT2D eigenvalue weighted by atomic mass is 9.84. The van der Waals surface area contributed by atoms with Gasteiger partial charge in [-0.05, 0) is 82.6 Å². The highest BCUT2D eigenvalue weighted by atomic mass is 14.7. The fourth-order valence-electron chi connectivity index (χ4n) is 4.91. The van der Waals surface area contributed by atoms with Crippen LogP contribution in [0.4, 0.5) is 0 Å². The van der Waals surface area contributed by atoms with Crippen LogP contribution in [-0.2, 0) is 10.8 Å². The summed E-state index contributed by atoms with van der Waals surface area (Å²) in [7, 11) is 0. The van der Waals surface area contributed by atoms with Crippen molar-refractivity contribution in [1.82, 2.24) is 15.0 Å². The first-order valence-electron chi connectivity index (χ1n) is 12.4. The van der Waals surface area contributed by atoms with Gasteiger partial charge in [0.2, 0.25) is 0 Å². The van der Waals surface area contributed by atoms with E-state index in [2.05, 4.69) is 119 Å². The van der Waals surface area contributed by atoms with E-state index in [1.165, 1.54) is 21.9 Å². The normalized spacial score (nSPS) is 13.5. The second-order valence-corrected chi connectivity index (χ2v) is 11.8. The van der Waals surface area contributed by atoms with Gasteiger partial charge in [-0.3, -0.25) is 0 Å². The molecule has 0 atom stereocenters. The molecule has 0 amide bonds. The number of nitrogens with zero attached hydrogens (tertiary/aromatic N) is 2. The fourth-order valence-corrected chi connectivity index (χ4v) is 4.91. The van der Waals surface area contributed by atoms with Gasteiger partial charge in [-0.1, -0.05) is 53.7 Å². The van der Waals surface area contributed by atoms with Gasteiger partial charge in [0.05, 0.1) is 22.1 Å². The Morgan fingerprint density at radius 1 is 0.657 bits per heavy atom. The Bertz CT molecular complexity index is 1800. The molecule has 6 bridgehead atoms. The molecular weight excluding hydrogens is 426 g/mol. The van der Waals surface area contributed by atoms with Gasteiger partial charge in [0.15, 0.2) is 0 Å². The molecule has 0 radical (unpaired) electrons. The molecule has 1 aliphatic rings. The zero-order chi connectivity index (χ0) is 24.5. The van der Waals surface area contributed by atoms with Crippen LogP contribution in [0.1, 0.15) is 58.4 Å². The number of benzene rings is 2. The number of pyridine rings is 1. The van der Waals surface area contributed by atoms with Crippen molar-refractivity contribution in [1.29, 1.82) is 0 Å². The van der Waals surface area contributed by atoms with Gasteiger partial charge in [-0.2, -0.15) is 0 Å². The molecule has 0 saturated heterocycles. The molecule has 5 aromatic rings. The van der Waals surface area contributed by atoms with Crippen LogP contribution in [0.3, 0.4) is 0 Å². The Balaban J connectivity index is 1.97. The summed E-state index contributed by atoms with van der Waals surface area (Å²) >= 11 is 0. The minimum Gasteiger partial charge on any atom is -0.355 e. The third-order valence-corrected chi connectivity index (χ3v) is 7.05. The Hall–Kier alpha value is -3.72. The molecule has 4 heterocycles. The van der Waals surface area contributed by atoms with Crippen LogP contribution < -0.4 is 5.35 Å². The highest BCUT2D eigenvalue weighted by Crippen LogP contribution is 2.39. The minimum atomic E-state index is 0.00204. The summed E-state index contributed by atoms with van der Waals surface area (Å²) in [6.07, 6.45) is 6.35.